The largest absolute Gasteiger partial charge is 0.295 e. The van der Waals surface area contributed by atoms with Crippen LogP contribution in [0.1, 0.15) is 5.82 Å². The minimum Gasteiger partial charge on any atom is -0.295 e. The topological polar surface area (TPSA) is 30.7 Å². The second-order valence-corrected chi connectivity index (χ2v) is 9.06. The van der Waals surface area contributed by atoms with Gasteiger partial charge in [-0.25, -0.2) is 4.98 Å². The quantitative estimate of drug-likeness (QED) is 0.247. The van der Waals surface area contributed by atoms with Gasteiger partial charge in [0.2, 0.25) is 0 Å². The Kier molecular flexibility index (Phi) is 4.68. The minimum absolute atomic E-state index is 0.974. The first-order valence-electron chi connectivity index (χ1n) is 12.2. The normalized spacial score (nSPS) is 11.5. The lowest BCUT2D eigenvalue weighted by Gasteiger charge is -2.20. The molecule has 0 bridgehead atoms. The molecule has 0 saturated carbocycles. The number of pyridine rings is 1. The molecule has 0 aliphatic carbocycles. The predicted octanol–water partition coefficient (Wildman–Crippen LogP) is 8.37. The molecule has 0 aliphatic heterocycles. The molecular weight excluding hydrogens is 438 g/mol. The Morgan fingerprint density at radius 3 is 1.83 bits per heavy atom. The standard InChI is InChI=1S/C33H23N3/c1-22-35-30-19-8-9-20-31(30)36(22)33-27-16-6-4-14-25(27)32(26-15-5-7-17-28(26)33)24-13-3-2-12-23(24)29-18-10-11-21-34-29/h2-21H,1H3. The number of aromatic nitrogens is 3. The van der Waals surface area contributed by atoms with Crippen LogP contribution in [0.4, 0.5) is 0 Å². The van der Waals surface area contributed by atoms with E-state index in [-0.39, 0.29) is 0 Å². The summed E-state index contributed by atoms with van der Waals surface area (Å²) in [7, 11) is 0. The van der Waals surface area contributed by atoms with Crippen LogP contribution in [0, 0.1) is 6.92 Å². The van der Waals surface area contributed by atoms with Crippen LogP contribution >= 0.6 is 0 Å². The maximum Gasteiger partial charge on any atom is 0.111 e. The van der Waals surface area contributed by atoms with Gasteiger partial charge in [-0.1, -0.05) is 91.0 Å². The molecule has 3 heteroatoms. The number of benzene rings is 5. The first-order valence-corrected chi connectivity index (χ1v) is 12.2. The van der Waals surface area contributed by atoms with E-state index < -0.39 is 0 Å². The third-order valence-electron chi connectivity index (χ3n) is 6.99. The third-order valence-corrected chi connectivity index (χ3v) is 6.99. The summed E-state index contributed by atoms with van der Waals surface area (Å²) in [6.07, 6.45) is 1.86. The Morgan fingerprint density at radius 1 is 0.556 bits per heavy atom. The van der Waals surface area contributed by atoms with Crippen molar-refractivity contribution in [2.75, 3.05) is 0 Å². The van der Waals surface area contributed by atoms with Crippen molar-refractivity contribution >= 4 is 32.6 Å². The van der Waals surface area contributed by atoms with E-state index in [1.807, 2.05) is 24.4 Å². The van der Waals surface area contributed by atoms with Crippen molar-refractivity contribution in [2.45, 2.75) is 6.92 Å². The smallest absolute Gasteiger partial charge is 0.111 e. The zero-order valence-corrected chi connectivity index (χ0v) is 19.9. The molecule has 36 heavy (non-hydrogen) atoms. The van der Waals surface area contributed by atoms with E-state index in [2.05, 4.69) is 114 Å². The average Bonchev–Trinajstić information content (AvgIpc) is 3.27. The van der Waals surface area contributed by atoms with Crippen LogP contribution < -0.4 is 0 Å². The fourth-order valence-electron chi connectivity index (χ4n) is 5.51. The van der Waals surface area contributed by atoms with E-state index in [4.69, 9.17) is 4.98 Å². The maximum atomic E-state index is 4.89. The number of aryl methyl sites for hydroxylation is 1. The highest BCUT2D eigenvalue weighted by atomic mass is 15.1. The van der Waals surface area contributed by atoms with Gasteiger partial charge in [-0.3, -0.25) is 9.55 Å². The van der Waals surface area contributed by atoms with E-state index >= 15 is 0 Å². The summed E-state index contributed by atoms with van der Waals surface area (Å²) in [5.74, 6) is 0.980. The fraction of sp³-hybridized carbons (Fsp3) is 0.0303. The molecule has 0 atom stereocenters. The number of rotatable bonds is 3. The van der Waals surface area contributed by atoms with Crippen molar-refractivity contribution in [3.8, 4) is 28.1 Å². The molecular formula is C33H23N3. The molecule has 3 nitrogen and oxygen atoms in total. The lowest BCUT2D eigenvalue weighted by molar-refractivity contribution is 1.02. The molecule has 0 saturated heterocycles. The van der Waals surface area contributed by atoms with Crippen LogP contribution in [0.3, 0.4) is 0 Å². The monoisotopic (exact) mass is 461 g/mol. The summed E-state index contributed by atoms with van der Waals surface area (Å²) in [6.45, 7) is 2.09. The van der Waals surface area contributed by atoms with Gasteiger partial charge in [0.1, 0.15) is 5.82 Å². The average molecular weight is 462 g/mol. The number of hydrogen-bond donors (Lipinski definition) is 0. The SMILES string of the molecule is Cc1nc2ccccc2n1-c1c2ccccc2c(-c2ccccc2-c2ccccn2)c2ccccc12. The molecule has 2 heterocycles. The van der Waals surface area contributed by atoms with E-state index in [1.54, 1.807) is 0 Å². The highest BCUT2D eigenvalue weighted by Crippen LogP contribution is 2.44. The number of nitrogens with zero attached hydrogens (tertiary/aromatic N) is 3. The summed E-state index contributed by atoms with van der Waals surface area (Å²) in [5, 5.41) is 4.83. The highest BCUT2D eigenvalue weighted by molar-refractivity contribution is 6.19. The number of para-hydroxylation sites is 2. The van der Waals surface area contributed by atoms with Crippen LogP contribution in [0.15, 0.2) is 121 Å². The number of hydrogen-bond acceptors (Lipinski definition) is 2. The second-order valence-electron chi connectivity index (χ2n) is 9.06. The lowest BCUT2D eigenvalue weighted by atomic mass is 9.87. The molecule has 0 fully saturated rings. The van der Waals surface area contributed by atoms with Crippen molar-refractivity contribution in [1.29, 1.82) is 0 Å². The predicted molar refractivity (Wildman–Crippen MR) is 149 cm³/mol. The molecule has 0 N–H and O–H groups in total. The summed E-state index contributed by atoms with van der Waals surface area (Å²) in [5.41, 5.74) is 7.81. The molecule has 0 aliphatic rings. The Bertz CT molecular complexity index is 1840. The van der Waals surface area contributed by atoms with Gasteiger partial charge in [0.05, 0.1) is 22.4 Å². The summed E-state index contributed by atoms with van der Waals surface area (Å²) >= 11 is 0. The van der Waals surface area contributed by atoms with Gasteiger partial charge >= 0.3 is 0 Å². The van der Waals surface area contributed by atoms with Crippen LogP contribution in [0.25, 0.3) is 60.6 Å². The molecule has 0 unspecified atom stereocenters. The van der Waals surface area contributed by atoms with Gasteiger partial charge in [-0.15, -0.1) is 0 Å². The number of fused-ring (bicyclic) bond motifs is 3. The van der Waals surface area contributed by atoms with Gasteiger partial charge in [-0.2, -0.15) is 0 Å². The second kappa shape index (κ2) is 8.17. The Hall–Kier alpha value is -4.76. The fourth-order valence-corrected chi connectivity index (χ4v) is 5.51. The molecule has 170 valence electrons. The zero-order valence-electron chi connectivity index (χ0n) is 19.9. The van der Waals surface area contributed by atoms with Gasteiger partial charge in [-0.05, 0) is 53.1 Å². The van der Waals surface area contributed by atoms with E-state index in [1.165, 1.54) is 38.4 Å². The Labute approximate surface area is 209 Å². The van der Waals surface area contributed by atoms with E-state index in [9.17, 15) is 0 Å². The summed E-state index contributed by atoms with van der Waals surface area (Å²) < 4.78 is 2.31. The minimum atomic E-state index is 0.974. The van der Waals surface area contributed by atoms with Crippen molar-refractivity contribution < 1.29 is 0 Å². The van der Waals surface area contributed by atoms with E-state index in [0.717, 1.165) is 28.1 Å². The Balaban J connectivity index is 1.66. The van der Waals surface area contributed by atoms with Crippen LogP contribution in [-0.4, -0.2) is 14.5 Å². The van der Waals surface area contributed by atoms with Crippen LogP contribution in [0.2, 0.25) is 0 Å². The van der Waals surface area contributed by atoms with Crippen molar-refractivity contribution in [3.63, 3.8) is 0 Å². The first kappa shape index (κ1) is 20.6. The van der Waals surface area contributed by atoms with Crippen molar-refractivity contribution in [3.05, 3.63) is 127 Å². The van der Waals surface area contributed by atoms with Crippen LogP contribution in [0.5, 0.6) is 0 Å². The molecule has 2 aromatic heterocycles. The van der Waals surface area contributed by atoms with Gasteiger partial charge < -0.3 is 0 Å². The summed E-state index contributed by atoms with van der Waals surface area (Å²) in [6, 6.07) is 40.5. The summed E-state index contributed by atoms with van der Waals surface area (Å²) in [4.78, 5) is 9.58. The van der Waals surface area contributed by atoms with Crippen molar-refractivity contribution in [2.24, 2.45) is 0 Å². The zero-order chi connectivity index (χ0) is 24.1. The number of imidazole rings is 1. The maximum absolute atomic E-state index is 4.89. The van der Waals surface area contributed by atoms with E-state index in [0.29, 0.717) is 0 Å². The lowest BCUT2D eigenvalue weighted by Crippen LogP contribution is -2.01. The van der Waals surface area contributed by atoms with Crippen molar-refractivity contribution in [1.82, 2.24) is 14.5 Å². The first-order chi connectivity index (χ1) is 17.8. The molecule has 7 rings (SSSR count). The molecule has 0 radical (unpaired) electrons. The molecule has 5 aromatic carbocycles. The van der Waals surface area contributed by atoms with Gasteiger partial charge in [0.15, 0.2) is 0 Å². The molecule has 0 spiro atoms. The van der Waals surface area contributed by atoms with Crippen LogP contribution in [-0.2, 0) is 0 Å². The highest BCUT2D eigenvalue weighted by Gasteiger charge is 2.20. The Morgan fingerprint density at radius 2 is 1.14 bits per heavy atom. The van der Waals surface area contributed by atoms with Gasteiger partial charge in [0.25, 0.3) is 0 Å². The molecule has 7 aromatic rings. The van der Waals surface area contributed by atoms with Gasteiger partial charge in [0, 0.05) is 22.5 Å². The third kappa shape index (κ3) is 3.06. The molecule has 0 amide bonds.